The molecule has 0 radical (unpaired) electrons. The lowest BCUT2D eigenvalue weighted by Crippen LogP contribution is -2.58. The molecule has 14 nitrogen and oxygen atoms in total. The first-order valence-electron chi connectivity index (χ1n) is 21.8. The number of methoxy groups -OCH3 is 2. The van der Waals surface area contributed by atoms with Gasteiger partial charge in [-0.05, 0) is 55.9 Å². The van der Waals surface area contributed by atoms with Gasteiger partial charge in [0.05, 0.1) is 50.3 Å². The summed E-state index contributed by atoms with van der Waals surface area (Å²) in [4.78, 5) is 14.3. The van der Waals surface area contributed by atoms with Gasteiger partial charge in [-0.2, -0.15) is 0 Å². The van der Waals surface area contributed by atoms with Gasteiger partial charge in [-0.1, -0.05) is 70.6 Å². The molecule has 0 aromatic carbocycles. The van der Waals surface area contributed by atoms with Crippen LogP contribution in [0.2, 0.25) is 0 Å². The third-order valence-corrected chi connectivity index (χ3v) is 13.2. The van der Waals surface area contributed by atoms with Crippen LogP contribution in [0.25, 0.3) is 0 Å². The highest BCUT2D eigenvalue weighted by Crippen LogP contribution is 2.47. The average Bonchev–Trinajstić information content (AvgIpc) is 3.57. The molecule has 2 N–H and O–H groups in total. The van der Waals surface area contributed by atoms with Crippen molar-refractivity contribution in [3.05, 3.63) is 59.3 Å². The molecule has 0 amide bonds. The molecule has 2 bridgehead atoms. The summed E-state index contributed by atoms with van der Waals surface area (Å²) in [6.07, 6.45) is 10.9. The van der Waals surface area contributed by atoms with E-state index in [9.17, 15) is 15.0 Å². The number of esters is 1. The van der Waals surface area contributed by atoms with Crippen molar-refractivity contribution in [2.24, 2.45) is 23.7 Å². The number of ether oxygens (including phenoxy) is 11. The second-order valence-electron chi connectivity index (χ2n) is 17.6. The Labute approximate surface area is 356 Å². The fraction of sp³-hybridized carbons (Fsp3) is 0.761. The fourth-order valence-electron chi connectivity index (χ4n) is 9.54. The largest absolute Gasteiger partial charge is 0.462 e. The molecule has 6 aliphatic rings. The molecule has 14 heteroatoms. The predicted octanol–water partition coefficient (Wildman–Crippen LogP) is 5.46. The summed E-state index contributed by atoms with van der Waals surface area (Å²) in [5, 5.41) is 23.7. The van der Waals surface area contributed by atoms with Crippen LogP contribution in [0.15, 0.2) is 59.3 Å². The number of aliphatic hydroxyl groups is 2. The first-order valence-corrected chi connectivity index (χ1v) is 21.8. The summed E-state index contributed by atoms with van der Waals surface area (Å²) in [5.74, 6) is -2.50. The number of rotatable bonds is 13. The van der Waals surface area contributed by atoms with Crippen molar-refractivity contribution in [3.63, 3.8) is 0 Å². The van der Waals surface area contributed by atoms with Gasteiger partial charge in [-0.15, -0.1) is 0 Å². The van der Waals surface area contributed by atoms with Crippen molar-refractivity contribution >= 4 is 5.97 Å². The van der Waals surface area contributed by atoms with Crippen LogP contribution in [0.4, 0.5) is 0 Å². The normalized spacial score (nSPS) is 41.6. The lowest BCUT2D eigenvalue weighted by molar-refractivity contribution is -0.300. The first kappa shape index (κ1) is 47.2. The Morgan fingerprint density at radius 2 is 1.75 bits per heavy atom. The summed E-state index contributed by atoms with van der Waals surface area (Å²) >= 11 is 0. The minimum Gasteiger partial charge on any atom is -0.462 e. The van der Waals surface area contributed by atoms with E-state index in [1.807, 2.05) is 32.1 Å². The molecule has 3 unspecified atom stereocenters. The van der Waals surface area contributed by atoms with Gasteiger partial charge in [0, 0.05) is 45.3 Å². The summed E-state index contributed by atoms with van der Waals surface area (Å²) < 4.78 is 67.3. The van der Waals surface area contributed by atoms with Gasteiger partial charge in [0.1, 0.15) is 49.5 Å². The smallest absolute Gasteiger partial charge is 0.316 e. The maximum absolute atomic E-state index is 14.3. The Bertz CT molecular complexity index is 1590. The van der Waals surface area contributed by atoms with Gasteiger partial charge in [0.2, 0.25) is 0 Å². The lowest BCUT2D eigenvalue weighted by atomic mass is 9.71. The third kappa shape index (κ3) is 10.5. The van der Waals surface area contributed by atoms with Crippen LogP contribution in [0, 0.1) is 23.7 Å². The number of allylic oxidation sites excluding steroid dienone is 2. The van der Waals surface area contributed by atoms with Crippen molar-refractivity contribution in [2.45, 2.75) is 153 Å². The number of aliphatic hydroxyl groups excluding tert-OH is 1. The molecule has 5 heterocycles. The van der Waals surface area contributed by atoms with E-state index in [4.69, 9.17) is 52.1 Å². The SMILES string of the molecule is CCC(C)[C@H]1O[C@]2(C=C[C@@H]1C)C[C@@H]1C[C@@H](CC=C(C)[C@@H](OC3C[C@H](OC)[C@@H](OCOCCOCOC)[C@H](C)O3)C(C)C=CC=C3CO[C@@H]4[C@H](O)C(C)=C[C@@H](C(=O)O1)[C@]34O)O2. The van der Waals surface area contributed by atoms with Gasteiger partial charge < -0.3 is 62.3 Å². The maximum Gasteiger partial charge on any atom is 0.316 e. The Hall–Kier alpha value is -2.31. The second kappa shape index (κ2) is 20.9. The molecular weight excluding hydrogens is 776 g/mol. The van der Waals surface area contributed by atoms with Crippen molar-refractivity contribution in [2.75, 3.05) is 47.6 Å². The topological polar surface area (TPSA) is 159 Å². The zero-order chi connectivity index (χ0) is 43.2. The standard InChI is InChI=1S/C46H70O14/c1-10-27(2)41-30(5)16-17-45(60-41)23-35-21-34(59-45)15-14-29(4)40(58-38-22-37(51-9)42(32(7)56-38)55-26-53-19-18-52-25-50-8)28(3)12-11-13-33-24-54-43-39(47)31(6)20-36(44(48)57-35)46(33,43)49/h11-14,16-17,20,27-28,30,32,34-43,47,49H,10,15,18-19,21-26H2,1-9H3/t27?,28?,30-,32-,34+,35-,36-,37-,38?,39+,40-,41+,42-,43+,45+,46+/m0/s1. The number of carbonyl (C=O) groups excluding carboxylic acids is 1. The lowest BCUT2D eigenvalue weighted by Gasteiger charge is -2.48. The Balaban J connectivity index is 1.28. The van der Waals surface area contributed by atoms with E-state index < -0.39 is 54.0 Å². The third-order valence-electron chi connectivity index (χ3n) is 13.2. The molecule has 0 aromatic heterocycles. The van der Waals surface area contributed by atoms with Crippen LogP contribution in [-0.4, -0.2) is 136 Å². The van der Waals surface area contributed by atoms with Crippen LogP contribution in [0.1, 0.15) is 80.6 Å². The number of hydrogen-bond acceptors (Lipinski definition) is 14. The molecule has 0 saturated carbocycles. The number of fused-ring (bicyclic) bond motifs is 2. The van der Waals surface area contributed by atoms with Crippen molar-refractivity contribution in [3.8, 4) is 0 Å². The molecular formula is C46H70O14. The van der Waals surface area contributed by atoms with Gasteiger partial charge >= 0.3 is 5.97 Å². The molecule has 338 valence electrons. The quantitative estimate of drug-likeness (QED) is 0.104. The summed E-state index contributed by atoms with van der Waals surface area (Å²) in [6, 6.07) is 0. The molecule has 1 aliphatic carbocycles. The maximum atomic E-state index is 14.3. The summed E-state index contributed by atoms with van der Waals surface area (Å²) in [6.45, 7) is 15.3. The summed E-state index contributed by atoms with van der Waals surface area (Å²) in [5.41, 5.74) is 0.173. The highest BCUT2D eigenvalue weighted by molar-refractivity contribution is 5.78. The molecule has 16 atom stereocenters. The molecule has 60 heavy (non-hydrogen) atoms. The van der Waals surface area contributed by atoms with E-state index in [-0.39, 0.29) is 68.5 Å². The average molecular weight is 847 g/mol. The second-order valence-corrected chi connectivity index (χ2v) is 17.6. The number of carbonyl (C=O) groups is 1. The van der Waals surface area contributed by atoms with Crippen LogP contribution in [0.3, 0.4) is 0 Å². The molecule has 5 aliphatic heterocycles. The first-order chi connectivity index (χ1) is 28.7. The Kier molecular flexibility index (Phi) is 16.4. The molecule has 3 saturated heterocycles. The Morgan fingerprint density at radius 1 is 0.983 bits per heavy atom. The molecule has 1 spiro atoms. The highest BCUT2D eigenvalue weighted by Gasteiger charge is 2.60. The Morgan fingerprint density at radius 3 is 2.48 bits per heavy atom. The van der Waals surface area contributed by atoms with Gasteiger partial charge in [0.15, 0.2) is 12.1 Å². The fourth-order valence-corrected chi connectivity index (χ4v) is 9.54. The van der Waals surface area contributed by atoms with Crippen molar-refractivity contribution < 1.29 is 67.1 Å². The molecule has 6 rings (SSSR count). The van der Waals surface area contributed by atoms with Gasteiger partial charge in [0.25, 0.3) is 0 Å². The molecule has 0 aromatic rings. The van der Waals surface area contributed by atoms with E-state index in [1.165, 1.54) is 0 Å². The molecule has 3 fully saturated rings. The van der Waals surface area contributed by atoms with Gasteiger partial charge in [-0.3, -0.25) is 4.79 Å². The predicted molar refractivity (Wildman–Crippen MR) is 220 cm³/mol. The van der Waals surface area contributed by atoms with Crippen molar-refractivity contribution in [1.29, 1.82) is 0 Å². The number of hydrogen-bond donors (Lipinski definition) is 2. The van der Waals surface area contributed by atoms with E-state index in [1.54, 1.807) is 33.3 Å². The van der Waals surface area contributed by atoms with Gasteiger partial charge in [-0.25, -0.2) is 0 Å². The highest BCUT2D eigenvalue weighted by atomic mass is 16.7. The van der Waals surface area contributed by atoms with Crippen LogP contribution < -0.4 is 0 Å². The minimum atomic E-state index is -1.82. The summed E-state index contributed by atoms with van der Waals surface area (Å²) in [7, 11) is 3.22. The minimum absolute atomic E-state index is 0.0407. The van der Waals surface area contributed by atoms with Crippen LogP contribution in [-0.2, 0) is 56.9 Å². The van der Waals surface area contributed by atoms with E-state index >= 15 is 0 Å². The van der Waals surface area contributed by atoms with Crippen LogP contribution in [0.5, 0.6) is 0 Å². The zero-order valence-corrected chi connectivity index (χ0v) is 37.0. The van der Waals surface area contributed by atoms with E-state index in [0.29, 0.717) is 50.0 Å². The van der Waals surface area contributed by atoms with Crippen LogP contribution >= 0.6 is 0 Å². The zero-order valence-electron chi connectivity index (χ0n) is 37.0. The monoisotopic (exact) mass is 846 g/mol. The van der Waals surface area contributed by atoms with E-state index in [2.05, 4.69) is 39.8 Å². The van der Waals surface area contributed by atoms with Crippen molar-refractivity contribution in [1.82, 2.24) is 0 Å². The van der Waals surface area contributed by atoms with E-state index in [0.717, 1.165) is 12.0 Å².